The summed E-state index contributed by atoms with van der Waals surface area (Å²) in [7, 11) is 1.29. The van der Waals surface area contributed by atoms with Crippen molar-refractivity contribution in [3.8, 4) is 0 Å². The maximum absolute atomic E-state index is 14.8. The SMILES string of the molecule is COC(=O)C1=C(C)N=C2SC=C(CC(=O)NC[C@H]3CCCO3)N2[C@H]1c1ccccc1F. The lowest BCUT2D eigenvalue weighted by molar-refractivity contribution is -0.136. The maximum atomic E-state index is 14.8. The second-order valence-corrected chi connectivity index (χ2v) is 8.36. The first-order valence-corrected chi connectivity index (χ1v) is 11.0. The molecule has 2 atom stereocenters. The van der Waals surface area contributed by atoms with E-state index in [0.29, 0.717) is 28.7 Å². The van der Waals surface area contributed by atoms with E-state index in [-0.39, 0.29) is 24.0 Å². The number of amidine groups is 1. The van der Waals surface area contributed by atoms with Crippen molar-refractivity contribution in [1.29, 1.82) is 0 Å². The number of hydrogen-bond donors (Lipinski definition) is 1. The van der Waals surface area contributed by atoms with E-state index in [1.54, 1.807) is 30.0 Å². The highest BCUT2D eigenvalue weighted by molar-refractivity contribution is 8.16. The second-order valence-electron chi connectivity index (χ2n) is 7.52. The number of hydrogen-bond acceptors (Lipinski definition) is 7. The van der Waals surface area contributed by atoms with Crippen LogP contribution >= 0.6 is 11.8 Å². The first-order chi connectivity index (χ1) is 15.0. The zero-order valence-corrected chi connectivity index (χ0v) is 18.2. The van der Waals surface area contributed by atoms with Crippen molar-refractivity contribution in [3.63, 3.8) is 0 Å². The minimum Gasteiger partial charge on any atom is -0.466 e. The number of rotatable bonds is 6. The Morgan fingerprint density at radius 3 is 2.90 bits per heavy atom. The van der Waals surface area contributed by atoms with Gasteiger partial charge < -0.3 is 19.7 Å². The van der Waals surface area contributed by atoms with Crippen LogP contribution in [0.25, 0.3) is 0 Å². The quantitative estimate of drug-likeness (QED) is 0.677. The van der Waals surface area contributed by atoms with Crippen LogP contribution in [-0.4, -0.2) is 48.3 Å². The summed E-state index contributed by atoms with van der Waals surface area (Å²) in [6.45, 7) is 2.89. The van der Waals surface area contributed by atoms with Crippen LogP contribution < -0.4 is 5.32 Å². The number of benzene rings is 1. The monoisotopic (exact) mass is 445 g/mol. The normalized spacial score (nSPS) is 22.7. The number of fused-ring (bicyclic) bond motifs is 1. The van der Waals surface area contributed by atoms with Crippen LogP contribution in [0.15, 0.2) is 51.6 Å². The zero-order chi connectivity index (χ0) is 22.0. The number of nitrogens with one attached hydrogen (secondary N) is 1. The van der Waals surface area contributed by atoms with Crippen LogP contribution in [0.1, 0.15) is 37.8 Å². The van der Waals surface area contributed by atoms with Crippen molar-refractivity contribution >= 4 is 28.8 Å². The van der Waals surface area contributed by atoms with Crippen molar-refractivity contribution < 1.29 is 23.5 Å². The fraction of sp³-hybridized carbons (Fsp3) is 0.409. The van der Waals surface area contributed by atoms with E-state index in [2.05, 4.69) is 10.3 Å². The molecule has 1 aromatic carbocycles. The zero-order valence-electron chi connectivity index (χ0n) is 17.4. The van der Waals surface area contributed by atoms with E-state index in [9.17, 15) is 14.0 Å². The van der Waals surface area contributed by atoms with E-state index < -0.39 is 17.8 Å². The van der Waals surface area contributed by atoms with Gasteiger partial charge in [0.1, 0.15) is 5.82 Å². The lowest BCUT2D eigenvalue weighted by Crippen LogP contribution is -2.39. The first kappa shape index (κ1) is 21.6. The Morgan fingerprint density at radius 2 is 2.19 bits per heavy atom. The molecule has 0 aromatic heterocycles. The van der Waals surface area contributed by atoms with Gasteiger partial charge in [-0.1, -0.05) is 30.0 Å². The van der Waals surface area contributed by atoms with Crippen LogP contribution in [0.5, 0.6) is 0 Å². The Morgan fingerprint density at radius 1 is 1.39 bits per heavy atom. The van der Waals surface area contributed by atoms with Gasteiger partial charge in [-0.3, -0.25) is 4.79 Å². The number of esters is 1. The molecular formula is C22H24FN3O4S. The van der Waals surface area contributed by atoms with E-state index in [1.807, 2.05) is 5.41 Å². The van der Waals surface area contributed by atoms with Crippen LogP contribution in [0, 0.1) is 5.82 Å². The molecule has 3 aliphatic heterocycles. The number of nitrogens with zero attached hydrogens (tertiary/aromatic N) is 2. The topological polar surface area (TPSA) is 80.2 Å². The molecule has 0 aliphatic carbocycles. The predicted octanol–water partition coefficient (Wildman–Crippen LogP) is 3.26. The number of allylic oxidation sites excluding steroid dienone is 1. The lowest BCUT2D eigenvalue weighted by Gasteiger charge is -2.36. The van der Waals surface area contributed by atoms with Crippen molar-refractivity contribution in [1.82, 2.24) is 10.2 Å². The van der Waals surface area contributed by atoms with E-state index >= 15 is 0 Å². The van der Waals surface area contributed by atoms with Gasteiger partial charge in [-0.2, -0.15) is 0 Å². The second kappa shape index (κ2) is 9.23. The number of methoxy groups -OCH3 is 1. The number of amides is 1. The van der Waals surface area contributed by atoms with Gasteiger partial charge >= 0.3 is 5.97 Å². The predicted molar refractivity (Wildman–Crippen MR) is 115 cm³/mol. The fourth-order valence-electron chi connectivity index (χ4n) is 3.99. The van der Waals surface area contributed by atoms with Gasteiger partial charge in [0, 0.05) is 24.4 Å². The van der Waals surface area contributed by atoms with Gasteiger partial charge in [0.2, 0.25) is 5.91 Å². The average molecular weight is 446 g/mol. The van der Waals surface area contributed by atoms with Crippen molar-refractivity contribution in [3.05, 3.63) is 58.0 Å². The van der Waals surface area contributed by atoms with E-state index in [0.717, 1.165) is 19.4 Å². The molecular weight excluding hydrogens is 421 g/mol. The lowest BCUT2D eigenvalue weighted by atomic mass is 9.93. The van der Waals surface area contributed by atoms with Gasteiger partial charge in [-0.05, 0) is 31.2 Å². The van der Waals surface area contributed by atoms with E-state index in [1.165, 1.54) is 24.9 Å². The highest BCUT2D eigenvalue weighted by atomic mass is 32.2. The van der Waals surface area contributed by atoms with Crippen molar-refractivity contribution in [2.75, 3.05) is 20.3 Å². The molecule has 3 heterocycles. The number of ether oxygens (including phenoxy) is 2. The summed E-state index contributed by atoms with van der Waals surface area (Å²) in [4.78, 5) is 31.5. The molecule has 0 saturated carbocycles. The minimum absolute atomic E-state index is 0.0469. The highest BCUT2D eigenvalue weighted by Crippen LogP contribution is 2.45. The minimum atomic E-state index is -0.770. The molecule has 164 valence electrons. The molecule has 31 heavy (non-hydrogen) atoms. The third kappa shape index (κ3) is 4.38. The number of halogens is 1. The molecule has 4 rings (SSSR count). The molecule has 0 radical (unpaired) electrons. The van der Waals surface area contributed by atoms with Gasteiger partial charge in [0.25, 0.3) is 0 Å². The Balaban J connectivity index is 1.61. The Hall–Kier alpha value is -2.65. The third-order valence-electron chi connectivity index (χ3n) is 5.50. The number of carbonyl (C=O) groups is 2. The molecule has 7 nitrogen and oxygen atoms in total. The smallest absolute Gasteiger partial charge is 0.338 e. The standard InChI is InChI=1S/C22H24FN3O4S/c1-13-19(21(28)29-2)20(16-7-3-4-8-17(16)23)26-14(12-31-22(26)25-13)10-18(27)24-11-15-6-5-9-30-15/h3-4,7-8,12,15,20H,5-6,9-11H2,1-2H3,(H,24,27)/t15-,20+/m1/s1. The largest absolute Gasteiger partial charge is 0.466 e. The van der Waals surface area contributed by atoms with Crippen LogP contribution in [0.2, 0.25) is 0 Å². The number of thioether (sulfide) groups is 1. The molecule has 1 saturated heterocycles. The van der Waals surface area contributed by atoms with E-state index in [4.69, 9.17) is 9.47 Å². The molecule has 3 aliphatic rings. The highest BCUT2D eigenvalue weighted by Gasteiger charge is 2.42. The van der Waals surface area contributed by atoms with Gasteiger partial charge in [0.15, 0.2) is 5.17 Å². The third-order valence-corrected chi connectivity index (χ3v) is 6.39. The van der Waals surface area contributed by atoms with Crippen molar-refractivity contribution in [2.45, 2.75) is 38.3 Å². The van der Waals surface area contributed by atoms with Crippen LogP contribution in [0.4, 0.5) is 4.39 Å². The molecule has 1 aromatic rings. The summed E-state index contributed by atoms with van der Waals surface area (Å²) >= 11 is 1.35. The Labute approximate surface area is 184 Å². The summed E-state index contributed by atoms with van der Waals surface area (Å²) in [5, 5.41) is 5.33. The molecule has 1 amide bonds. The maximum Gasteiger partial charge on any atom is 0.338 e. The summed E-state index contributed by atoms with van der Waals surface area (Å²) < 4.78 is 25.3. The van der Waals surface area contributed by atoms with Crippen LogP contribution in [0.3, 0.4) is 0 Å². The Kier molecular flexibility index (Phi) is 6.43. The fourth-order valence-corrected chi connectivity index (χ4v) is 4.96. The summed E-state index contributed by atoms with van der Waals surface area (Å²) in [5.74, 6) is -1.18. The summed E-state index contributed by atoms with van der Waals surface area (Å²) in [6, 6.07) is 5.53. The average Bonchev–Trinajstić information content (AvgIpc) is 3.41. The number of aliphatic imine (C=N–C) groups is 1. The Bertz CT molecular complexity index is 985. The summed E-state index contributed by atoms with van der Waals surface area (Å²) in [6.07, 6.45) is 2.06. The first-order valence-electron chi connectivity index (χ1n) is 10.1. The molecule has 0 bridgehead atoms. The van der Waals surface area contributed by atoms with Gasteiger partial charge in [0.05, 0.1) is 36.9 Å². The molecule has 0 unspecified atom stereocenters. The van der Waals surface area contributed by atoms with Crippen molar-refractivity contribution in [2.24, 2.45) is 4.99 Å². The van der Waals surface area contributed by atoms with Gasteiger partial charge in [-0.25, -0.2) is 14.2 Å². The molecule has 1 fully saturated rings. The number of carbonyl (C=O) groups excluding carboxylic acids is 2. The molecule has 1 N–H and O–H groups in total. The van der Waals surface area contributed by atoms with Crippen LogP contribution in [-0.2, 0) is 19.1 Å². The summed E-state index contributed by atoms with van der Waals surface area (Å²) in [5.41, 5.74) is 1.69. The molecule has 9 heteroatoms. The molecule has 0 spiro atoms. The van der Waals surface area contributed by atoms with Gasteiger partial charge in [-0.15, -0.1) is 0 Å².